The van der Waals surface area contributed by atoms with Crippen molar-refractivity contribution in [3.63, 3.8) is 0 Å². The summed E-state index contributed by atoms with van der Waals surface area (Å²) in [6.07, 6.45) is 0.823. The Labute approximate surface area is 80.9 Å². The van der Waals surface area contributed by atoms with Gasteiger partial charge in [0, 0.05) is 10.9 Å². The van der Waals surface area contributed by atoms with E-state index in [1.807, 2.05) is 0 Å². The summed E-state index contributed by atoms with van der Waals surface area (Å²) in [5.74, 6) is -0.843. The Morgan fingerprint density at radius 2 is 2.23 bits per heavy atom. The van der Waals surface area contributed by atoms with E-state index in [4.69, 9.17) is 0 Å². The summed E-state index contributed by atoms with van der Waals surface area (Å²) in [5, 5.41) is 0.208. The van der Waals surface area contributed by atoms with E-state index in [9.17, 15) is 13.2 Å². The van der Waals surface area contributed by atoms with Crippen molar-refractivity contribution in [2.75, 3.05) is 0 Å². The molecule has 6 heteroatoms. The lowest BCUT2D eigenvalue weighted by Gasteiger charge is -2.06. The summed E-state index contributed by atoms with van der Waals surface area (Å²) in [6.45, 7) is -2.95. The number of halogens is 4. The summed E-state index contributed by atoms with van der Waals surface area (Å²) < 4.78 is 40.1. The summed E-state index contributed by atoms with van der Waals surface area (Å²) >= 11 is 3.00. The molecule has 72 valence electrons. The van der Waals surface area contributed by atoms with Crippen LogP contribution in [0.3, 0.4) is 0 Å². The molecule has 2 nitrogen and oxygen atoms in total. The van der Waals surface area contributed by atoms with Crippen LogP contribution in [0, 0.1) is 5.82 Å². The number of aromatic nitrogens is 1. The van der Waals surface area contributed by atoms with Gasteiger partial charge in [0.05, 0.1) is 6.20 Å². The van der Waals surface area contributed by atoms with E-state index in [0.717, 1.165) is 12.3 Å². The molecule has 0 saturated heterocycles. The fraction of sp³-hybridized carbons (Fsp3) is 0.286. The Morgan fingerprint density at radius 1 is 1.54 bits per heavy atom. The van der Waals surface area contributed by atoms with Gasteiger partial charge in [-0.15, -0.1) is 0 Å². The average Bonchev–Trinajstić information content (AvgIpc) is 2.07. The lowest BCUT2D eigenvalue weighted by atomic mass is 10.3. The summed E-state index contributed by atoms with van der Waals surface area (Å²) in [4.78, 5) is 3.38. The van der Waals surface area contributed by atoms with Gasteiger partial charge < -0.3 is 4.74 Å². The highest BCUT2D eigenvalue weighted by Crippen LogP contribution is 2.20. The van der Waals surface area contributed by atoms with Gasteiger partial charge in [0.15, 0.2) is 0 Å². The van der Waals surface area contributed by atoms with Gasteiger partial charge in [-0.3, -0.25) is 0 Å². The third-order valence-electron chi connectivity index (χ3n) is 1.24. The minimum absolute atomic E-state index is 0.208. The maximum atomic E-state index is 12.5. The molecule has 0 aliphatic heterocycles. The van der Waals surface area contributed by atoms with Crippen LogP contribution in [0.5, 0.6) is 5.88 Å². The van der Waals surface area contributed by atoms with Crippen molar-refractivity contribution in [1.29, 1.82) is 0 Å². The summed E-state index contributed by atoms with van der Waals surface area (Å²) in [5.41, 5.74) is 0.250. The van der Waals surface area contributed by atoms with E-state index in [2.05, 4.69) is 25.7 Å². The van der Waals surface area contributed by atoms with Crippen LogP contribution in [0.2, 0.25) is 0 Å². The zero-order valence-electron chi connectivity index (χ0n) is 6.31. The molecule has 0 spiro atoms. The van der Waals surface area contributed by atoms with Gasteiger partial charge in [-0.05, 0) is 6.07 Å². The normalized spacial score (nSPS) is 10.5. The van der Waals surface area contributed by atoms with E-state index in [0.29, 0.717) is 0 Å². The number of rotatable bonds is 3. The van der Waals surface area contributed by atoms with Crippen molar-refractivity contribution in [3.05, 3.63) is 23.6 Å². The molecule has 0 N–H and O–H groups in total. The number of hydrogen-bond donors (Lipinski definition) is 0. The van der Waals surface area contributed by atoms with Gasteiger partial charge in [-0.2, -0.15) is 8.78 Å². The van der Waals surface area contributed by atoms with E-state index in [-0.39, 0.29) is 16.8 Å². The molecule has 0 aliphatic rings. The second kappa shape index (κ2) is 4.45. The van der Waals surface area contributed by atoms with E-state index < -0.39 is 12.4 Å². The van der Waals surface area contributed by atoms with Crippen LogP contribution in [0.1, 0.15) is 5.56 Å². The second-order valence-corrected chi connectivity index (χ2v) is 2.69. The lowest BCUT2D eigenvalue weighted by Crippen LogP contribution is -2.06. The Kier molecular flexibility index (Phi) is 3.53. The third-order valence-corrected chi connectivity index (χ3v) is 1.84. The first-order chi connectivity index (χ1) is 6.13. The molecule has 0 saturated carbocycles. The van der Waals surface area contributed by atoms with Crippen molar-refractivity contribution in [2.24, 2.45) is 0 Å². The van der Waals surface area contributed by atoms with Crippen LogP contribution in [0.25, 0.3) is 0 Å². The lowest BCUT2D eigenvalue weighted by molar-refractivity contribution is -0.0534. The van der Waals surface area contributed by atoms with Crippen LogP contribution in [-0.2, 0) is 5.33 Å². The van der Waals surface area contributed by atoms with Crippen molar-refractivity contribution in [3.8, 4) is 5.88 Å². The van der Waals surface area contributed by atoms with Crippen molar-refractivity contribution >= 4 is 15.9 Å². The molecule has 1 heterocycles. The molecule has 1 rings (SSSR count). The minimum atomic E-state index is -2.95. The number of alkyl halides is 3. The first kappa shape index (κ1) is 10.3. The maximum absolute atomic E-state index is 12.5. The molecule has 13 heavy (non-hydrogen) atoms. The number of hydrogen-bond acceptors (Lipinski definition) is 2. The molecule has 0 unspecified atom stereocenters. The highest BCUT2D eigenvalue weighted by atomic mass is 79.9. The highest BCUT2D eigenvalue weighted by molar-refractivity contribution is 9.08. The molecule has 1 aromatic rings. The van der Waals surface area contributed by atoms with E-state index >= 15 is 0 Å². The molecule has 0 atom stereocenters. The van der Waals surface area contributed by atoms with Crippen LogP contribution < -0.4 is 4.74 Å². The first-order valence-electron chi connectivity index (χ1n) is 3.28. The Hall–Kier alpha value is -0.780. The smallest absolute Gasteiger partial charge is 0.388 e. The monoisotopic (exact) mass is 255 g/mol. The average molecular weight is 256 g/mol. The van der Waals surface area contributed by atoms with Gasteiger partial charge in [0.2, 0.25) is 5.88 Å². The molecule has 0 fully saturated rings. The van der Waals surface area contributed by atoms with Crippen LogP contribution >= 0.6 is 15.9 Å². The molecular weight excluding hydrogens is 251 g/mol. The Balaban J connectivity index is 2.92. The third kappa shape index (κ3) is 2.87. The van der Waals surface area contributed by atoms with Gasteiger partial charge >= 0.3 is 6.61 Å². The molecule has 0 bridgehead atoms. The molecule has 0 amide bonds. The Morgan fingerprint density at radius 3 is 2.77 bits per heavy atom. The Bertz CT molecular complexity index is 295. The van der Waals surface area contributed by atoms with Crippen LogP contribution in [0.4, 0.5) is 13.2 Å². The maximum Gasteiger partial charge on any atom is 0.388 e. The van der Waals surface area contributed by atoms with Crippen LogP contribution in [0.15, 0.2) is 12.3 Å². The molecule has 0 aromatic carbocycles. The highest BCUT2D eigenvalue weighted by Gasteiger charge is 2.10. The van der Waals surface area contributed by atoms with E-state index in [1.165, 1.54) is 0 Å². The van der Waals surface area contributed by atoms with Gasteiger partial charge in [-0.25, -0.2) is 9.37 Å². The minimum Gasteiger partial charge on any atom is -0.417 e. The SMILES string of the molecule is Fc1cnc(OC(F)F)c(CBr)c1. The van der Waals surface area contributed by atoms with Gasteiger partial charge in [0.25, 0.3) is 0 Å². The topological polar surface area (TPSA) is 22.1 Å². The van der Waals surface area contributed by atoms with Crippen molar-refractivity contribution in [2.45, 2.75) is 11.9 Å². The fourth-order valence-corrected chi connectivity index (χ4v) is 1.16. The summed E-state index contributed by atoms with van der Waals surface area (Å²) in [7, 11) is 0. The van der Waals surface area contributed by atoms with E-state index in [1.54, 1.807) is 0 Å². The fourth-order valence-electron chi connectivity index (χ4n) is 0.755. The first-order valence-corrected chi connectivity index (χ1v) is 4.41. The van der Waals surface area contributed by atoms with Gasteiger partial charge in [0.1, 0.15) is 5.82 Å². The number of nitrogens with zero attached hydrogens (tertiary/aromatic N) is 1. The van der Waals surface area contributed by atoms with Crippen molar-refractivity contribution < 1.29 is 17.9 Å². The predicted molar refractivity (Wildman–Crippen MR) is 43.5 cm³/mol. The van der Waals surface area contributed by atoms with Gasteiger partial charge in [-0.1, -0.05) is 15.9 Å². The van der Waals surface area contributed by atoms with Crippen LogP contribution in [-0.4, -0.2) is 11.6 Å². The number of ether oxygens (including phenoxy) is 1. The largest absolute Gasteiger partial charge is 0.417 e. The quantitative estimate of drug-likeness (QED) is 0.775. The molecular formula is C7H5BrF3NO. The zero-order chi connectivity index (χ0) is 9.84. The van der Waals surface area contributed by atoms with Crippen molar-refractivity contribution in [1.82, 2.24) is 4.98 Å². The number of pyridine rings is 1. The standard InChI is InChI=1S/C7H5BrF3NO/c8-2-4-1-5(9)3-12-6(4)13-7(10)11/h1,3,7H,2H2. The molecule has 1 aromatic heterocycles. The summed E-state index contributed by atoms with van der Waals surface area (Å²) in [6, 6.07) is 1.08. The predicted octanol–water partition coefficient (Wildman–Crippen LogP) is 2.72. The zero-order valence-corrected chi connectivity index (χ0v) is 7.89. The molecule has 0 aliphatic carbocycles. The molecule has 0 radical (unpaired) electrons. The second-order valence-electron chi connectivity index (χ2n) is 2.13.